The molecule has 5 N–H and O–H groups in total. The number of rotatable bonds is 11. The summed E-state index contributed by atoms with van der Waals surface area (Å²) in [5.41, 5.74) is 8.34. The molecule has 1 unspecified atom stereocenters. The van der Waals surface area contributed by atoms with E-state index in [1.54, 1.807) is 7.05 Å². The highest BCUT2D eigenvalue weighted by atomic mass is 32.2. The van der Waals surface area contributed by atoms with E-state index in [1.807, 2.05) is 42.5 Å². The van der Waals surface area contributed by atoms with Gasteiger partial charge in [-0.1, -0.05) is 72.8 Å². The molecule has 0 aliphatic carbocycles. The Hall–Kier alpha value is -3.66. The topological polar surface area (TPSA) is 120 Å². The standard InChI is InChI=1S/C16H18N4OS.C14H19NO2/c1-18-14(15(17)21)16(19-2)22-10-20-13-8-7-11-5-3-4-6-12(11)9-13;16-10-13-6-4-12(5-7-13)9-15-8-2-1-3-14(15)11-17/h3-9,19-20H,1,10H2,2H3,(H2,17,21);4-7,10,14,17H,1-3,8-9,11H2/b16-14-;. The highest BCUT2D eigenvalue weighted by Crippen LogP contribution is 2.22. The fraction of sp³-hybridized carbons (Fsp3) is 0.300. The Balaban J connectivity index is 0.000000223. The van der Waals surface area contributed by atoms with Crippen molar-refractivity contribution in [3.63, 3.8) is 0 Å². The van der Waals surface area contributed by atoms with Gasteiger partial charge in [0.15, 0.2) is 5.70 Å². The SMILES string of the molecule is C=N/C(C(N)=O)=C(/NC)SCNc1ccc2ccccc2c1.O=Cc1ccc(CN2CCCCC2CO)cc1. The fourth-order valence-corrected chi connectivity index (χ4v) is 5.25. The van der Waals surface area contributed by atoms with Crippen LogP contribution in [0.1, 0.15) is 35.2 Å². The monoisotopic (exact) mass is 547 g/mol. The van der Waals surface area contributed by atoms with Crippen LogP contribution < -0.4 is 16.4 Å². The van der Waals surface area contributed by atoms with Crippen LogP contribution in [-0.4, -0.2) is 61.0 Å². The summed E-state index contributed by atoms with van der Waals surface area (Å²) in [4.78, 5) is 27.8. The average Bonchev–Trinajstić information content (AvgIpc) is 2.97. The molecule has 0 saturated carbocycles. The molecule has 0 spiro atoms. The first-order chi connectivity index (χ1) is 19.0. The van der Waals surface area contributed by atoms with Gasteiger partial charge >= 0.3 is 0 Å². The van der Waals surface area contributed by atoms with Gasteiger partial charge < -0.3 is 21.5 Å². The number of amides is 1. The van der Waals surface area contributed by atoms with Gasteiger partial charge in [-0.25, -0.2) is 0 Å². The third kappa shape index (κ3) is 8.95. The van der Waals surface area contributed by atoms with Gasteiger partial charge in [0.25, 0.3) is 5.91 Å². The number of hydrogen-bond acceptors (Lipinski definition) is 8. The van der Waals surface area contributed by atoms with Crippen LogP contribution in [0.15, 0.2) is 82.4 Å². The van der Waals surface area contributed by atoms with E-state index in [-0.39, 0.29) is 12.3 Å². The zero-order valence-corrected chi connectivity index (χ0v) is 23.1. The molecule has 1 amide bonds. The van der Waals surface area contributed by atoms with E-state index in [0.29, 0.717) is 22.5 Å². The lowest BCUT2D eigenvalue weighted by atomic mass is 10.0. The molecule has 3 aromatic rings. The highest BCUT2D eigenvalue weighted by molar-refractivity contribution is 8.03. The van der Waals surface area contributed by atoms with Gasteiger partial charge in [0.2, 0.25) is 0 Å². The van der Waals surface area contributed by atoms with E-state index in [2.05, 4.69) is 51.5 Å². The first kappa shape index (κ1) is 29.9. The molecule has 1 aliphatic rings. The molecule has 1 heterocycles. The van der Waals surface area contributed by atoms with E-state index in [9.17, 15) is 14.7 Å². The molecule has 1 aliphatic heterocycles. The van der Waals surface area contributed by atoms with Crippen LogP contribution in [0.3, 0.4) is 0 Å². The third-order valence-electron chi connectivity index (χ3n) is 6.54. The quantitative estimate of drug-likeness (QED) is 0.122. The molecule has 4 rings (SSSR count). The van der Waals surface area contributed by atoms with Crippen LogP contribution in [0.2, 0.25) is 0 Å². The van der Waals surface area contributed by atoms with Crippen LogP contribution >= 0.6 is 11.8 Å². The zero-order valence-electron chi connectivity index (χ0n) is 22.3. The molecule has 0 radical (unpaired) electrons. The average molecular weight is 548 g/mol. The summed E-state index contributed by atoms with van der Waals surface area (Å²) in [5, 5.41) is 18.5. The molecule has 0 bridgehead atoms. The van der Waals surface area contributed by atoms with E-state index in [1.165, 1.54) is 40.9 Å². The Labute approximate surface area is 234 Å². The van der Waals surface area contributed by atoms with Crippen LogP contribution in [0.25, 0.3) is 10.8 Å². The summed E-state index contributed by atoms with van der Waals surface area (Å²) < 4.78 is 0. The number of aliphatic hydroxyl groups is 1. The molecule has 9 heteroatoms. The molecular weight excluding hydrogens is 510 g/mol. The minimum absolute atomic E-state index is 0.146. The molecule has 206 valence electrons. The Morgan fingerprint density at radius 2 is 1.90 bits per heavy atom. The zero-order chi connectivity index (χ0) is 28.0. The summed E-state index contributed by atoms with van der Waals surface area (Å²) in [6, 6.07) is 22.3. The van der Waals surface area contributed by atoms with Crippen molar-refractivity contribution >= 4 is 47.1 Å². The van der Waals surface area contributed by atoms with Gasteiger partial charge in [-0.05, 0) is 54.6 Å². The number of carbonyl (C=O) groups is 2. The number of aliphatic imine (C=N–C) groups is 1. The Morgan fingerprint density at radius 3 is 2.54 bits per heavy atom. The number of nitrogens with two attached hydrogens (primary N) is 1. The second-order valence-electron chi connectivity index (χ2n) is 9.14. The number of carbonyl (C=O) groups excluding carboxylic acids is 2. The van der Waals surface area contributed by atoms with Gasteiger partial charge in [0, 0.05) is 30.9 Å². The van der Waals surface area contributed by atoms with Crippen LogP contribution in [-0.2, 0) is 11.3 Å². The number of anilines is 1. The summed E-state index contributed by atoms with van der Waals surface area (Å²) in [6.07, 6.45) is 4.37. The minimum atomic E-state index is -0.599. The number of primary amides is 1. The summed E-state index contributed by atoms with van der Waals surface area (Å²) in [5.74, 6) is -0.0292. The number of thioether (sulfide) groups is 1. The predicted molar refractivity (Wildman–Crippen MR) is 162 cm³/mol. The van der Waals surface area contributed by atoms with Crippen LogP contribution in [0.5, 0.6) is 0 Å². The third-order valence-corrected chi connectivity index (χ3v) is 7.51. The first-order valence-electron chi connectivity index (χ1n) is 12.9. The van der Waals surface area contributed by atoms with E-state index in [0.717, 1.165) is 31.5 Å². The summed E-state index contributed by atoms with van der Waals surface area (Å²) in [7, 11) is 1.71. The molecule has 3 aromatic carbocycles. The van der Waals surface area contributed by atoms with Crippen molar-refractivity contribution in [2.45, 2.75) is 31.8 Å². The summed E-state index contributed by atoms with van der Waals surface area (Å²) >= 11 is 1.41. The number of aliphatic hydroxyl groups excluding tert-OH is 1. The summed E-state index contributed by atoms with van der Waals surface area (Å²) in [6.45, 7) is 5.53. The minimum Gasteiger partial charge on any atom is -0.395 e. The number of nitrogens with one attached hydrogen (secondary N) is 2. The molecule has 39 heavy (non-hydrogen) atoms. The Morgan fingerprint density at radius 1 is 1.15 bits per heavy atom. The van der Waals surface area contributed by atoms with Gasteiger partial charge in [-0.15, -0.1) is 0 Å². The van der Waals surface area contributed by atoms with Gasteiger partial charge in [0.1, 0.15) is 11.3 Å². The van der Waals surface area contributed by atoms with Crippen molar-refractivity contribution in [1.82, 2.24) is 10.2 Å². The number of fused-ring (bicyclic) bond motifs is 1. The van der Waals surface area contributed by atoms with Gasteiger partial charge in [-0.3, -0.25) is 19.5 Å². The van der Waals surface area contributed by atoms with Crippen molar-refractivity contribution in [1.29, 1.82) is 0 Å². The van der Waals surface area contributed by atoms with Crippen LogP contribution in [0.4, 0.5) is 5.69 Å². The maximum atomic E-state index is 11.3. The van der Waals surface area contributed by atoms with E-state index >= 15 is 0 Å². The van der Waals surface area contributed by atoms with Crippen molar-refractivity contribution in [3.8, 4) is 0 Å². The molecule has 1 fully saturated rings. The first-order valence-corrected chi connectivity index (χ1v) is 13.9. The lowest BCUT2D eigenvalue weighted by Crippen LogP contribution is -2.41. The predicted octanol–water partition coefficient (Wildman–Crippen LogP) is 4.36. The number of piperidine rings is 1. The number of likely N-dealkylation sites (tertiary alicyclic amines) is 1. The normalized spacial score (nSPS) is 15.9. The Bertz CT molecular complexity index is 1280. The molecule has 0 aromatic heterocycles. The van der Waals surface area contributed by atoms with Crippen LogP contribution in [0, 0.1) is 0 Å². The van der Waals surface area contributed by atoms with E-state index in [4.69, 9.17) is 5.73 Å². The largest absolute Gasteiger partial charge is 0.395 e. The van der Waals surface area contributed by atoms with E-state index < -0.39 is 5.91 Å². The number of benzene rings is 3. The second-order valence-corrected chi connectivity index (χ2v) is 10.1. The van der Waals surface area contributed by atoms with Gasteiger partial charge in [0.05, 0.1) is 12.5 Å². The lowest BCUT2D eigenvalue weighted by molar-refractivity contribution is -0.114. The van der Waals surface area contributed by atoms with Gasteiger partial charge in [-0.2, -0.15) is 0 Å². The number of aldehydes is 1. The maximum Gasteiger partial charge on any atom is 0.269 e. The number of hydrogen-bond donors (Lipinski definition) is 4. The lowest BCUT2D eigenvalue weighted by Gasteiger charge is -2.34. The van der Waals surface area contributed by atoms with Crippen molar-refractivity contribution in [2.75, 3.05) is 31.4 Å². The maximum absolute atomic E-state index is 11.3. The molecular formula is C30H37N5O3S. The highest BCUT2D eigenvalue weighted by Gasteiger charge is 2.21. The molecule has 1 atom stereocenters. The van der Waals surface area contributed by atoms with Crippen molar-refractivity contribution < 1.29 is 14.7 Å². The Kier molecular flexibility index (Phi) is 12.0. The van der Waals surface area contributed by atoms with Crippen molar-refractivity contribution in [3.05, 3.63) is 88.6 Å². The second kappa shape index (κ2) is 15.7. The molecule has 1 saturated heterocycles. The number of nitrogens with zero attached hydrogens (tertiary/aromatic N) is 2. The van der Waals surface area contributed by atoms with Crippen molar-refractivity contribution in [2.24, 2.45) is 10.7 Å². The smallest absolute Gasteiger partial charge is 0.269 e. The fourth-order valence-electron chi connectivity index (χ4n) is 4.42. The molecule has 8 nitrogen and oxygen atoms in total.